The molecule has 1 heterocycles. The number of thiazole rings is 1. The summed E-state index contributed by atoms with van der Waals surface area (Å²) in [6, 6.07) is 6.37. The van der Waals surface area contributed by atoms with Gasteiger partial charge in [-0.2, -0.15) is 0 Å². The molecule has 8 nitrogen and oxygen atoms in total. The van der Waals surface area contributed by atoms with Gasteiger partial charge in [-0.25, -0.2) is 4.98 Å². The Kier molecular flexibility index (Phi) is 7.34. The van der Waals surface area contributed by atoms with Crippen molar-refractivity contribution in [3.63, 3.8) is 0 Å². The predicted octanol–water partition coefficient (Wildman–Crippen LogP) is 2.87. The maximum Gasteiger partial charge on any atom is 0.269 e. The maximum absolute atomic E-state index is 10.7. The largest absolute Gasteiger partial charge is 0.383 e. The van der Waals surface area contributed by atoms with E-state index in [-0.39, 0.29) is 5.69 Å². The topological polar surface area (TPSA) is 95.7 Å². The van der Waals surface area contributed by atoms with E-state index < -0.39 is 4.92 Å². The first-order valence-electron chi connectivity index (χ1n) is 8.38. The predicted molar refractivity (Wildman–Crippen MR) is 106 cm³/mol. The fraction of sp³-hybridized carbons (Fsp3) is 0.412. The number of guanidine groups is 1. The van der Waals surface area contributed by atoms with E-state index >= 15 is 0 Å². The number of hydrogen-bond acceptors (Lipinski definition) is 6. The highest BCUT2D eigenvalue weighted by Crippen LogP contribution is 2.15. The fourth-order valence-electron chi connectivity index (χ4n) is 2.33. The van der Waals surface area contributed by atoms with Crippen molar-refractivity contribution in [1.82, 2.24) is 15.2 Å². The molecule has 0 atom stereocenters. The lowest BCUT2D eigenvalue weighted by atomic mass is 10.3. The summed E-state index contributed by atoms with van der Waals surface area (Å²) < 4.78 is 0. The number of aliphatic imine (C=N–C) groups is 1. The Morgan fingerprint density at radius 3 is 2.69 bits per heavy atom. The second-order valence-electron chi connectivity index (χ2n) is 5.68. The fourth-order valence-corrected chi connectivity index (χ4v) is 2.94. The Hall–Kier alpha value is -2.68. The van der Waals surface area contributed by atoms with Crippen LogP contribution in [-0.4, -0.2) is 47.4 Å². The van der Waals surface area contributed by atoms with Crippen LogP contribution in [0.4, 0.5) is 11.4 Å². The molecule has 1 aromatic carbocycles. The molecule has 2 N–H and O–H groups in total. The molecular formula is C17H24N6O2S. The molecule has 0 fully saturated rings. The van der Waals surface area contributed by atoms with Crippen LogP contribution in [0.1, 0.15) is 17.6 Å². The Labute approximate surface area is 157 Å². The van der Waals surface area contributed by atoms with E-state index in [1.165, 1.54) is 12.1 Å². The number of nitrogens with zero attached hydrogens (tertiary/aromatic N) is 4. The SMILES string of the molecule is CCNC(=NCCNc1ccc([N+](=O)[O-])cc1)N(C)Cc1csc(C)n1. The van der Waals surface area contributed by atoms with Crippen LogP contribution in [0.15, 0.2) is 34.6 Å². The molecule has 0 aliphatic heterocycles. The lowest BCUT2D eigenvalue weighted by Crippen LogP contribution is -2.38. The highest BCUT2D eigenvalue weighted by Gasteiger charge is 2.08. The summed E-state index contributed by atoms with van der Waals surface area (Å²) in [6.07, 6.45) is 0. The van der Waals surface area contributed by atoms with E-state index in [1.807, 2.05) is 25.8 Å². The minimum atomic E-state index is -0.406. The number of benzene rings is 1. The molecule has 0 aliphatic carbocycles. The third-order valence-electron chi connectivity index (χ3n) is 3.54. The number of nitrogens with one attached hydrogen (secondary N) is 2. The number of aryl methyl sites for hydroxylation is 1. The van der Waals surface area contributed by atoms with Crippen molar-refractivity contribution in [3.8, 4) is 0 Å². The van der Waals surface area contributed by atoms with Crippen molar-refractivity contribution in [2.45, 2.75) is 20.4 Å². The molecule has 0 saturated heterocycles. The molecule has 1 aromatic heterocycles. The standard InChI is InChI=1S/C17H24N6O2S/c1-4-18-17(22(3)11-15-12-26-13(2)21-15)20-10-9-19-14-5-7-16(8-6-14)23(24)25/h5-8,12,19H,4,9-11H2,1-3H3,(H,18,20). The minimum Gasteiger partial charge on any atom is -0.383 e. The van der Waals surface area contributed by atoms with E-state index in [1.54, 1.807) is 23.5 Å². The second-order valence-corrected chi connectivity index (χ2v) is 6.74. The average molecular weight is 376 g/mol. The number of nitro groups is 1. The van der Waals surface area contributed by atoms with Crippen LogP contribution in [0.25, 0.3) is 0 Å². The van der Waals surface area contributed by atoms with Crippen molar-refractivity contribution in [3.05, 3.63) is 50.5 Å². The monoisotopic (exact) mass is 376 g/mol. The van der Waals surface area contributed by atoms with Gasteiger partial charge in [-0.3, -0.25) is 15.1 Å². The van der Waals surface area contributed by atoms with Crippen LogP contribution in [0.2, 0.25) is 0 Å². The molecule has 0 saturated carbocycles. The van der Waals surface area contributed by atoms with Gasteiger partial charge in [0, 0.05) is 43.3 Å². The first kappa shape index (κ1) is 19.6. The highest BCUT2D eigenvalue weighted by molar-refractivity contribution is 7.09. The van der Waals surface area contributed by atoms with Crippen LogP contribution in [0.3, 0.4) is 0 Å². The first-order chi connectivity index (χ1) is 12.5. The van der Waals surface area contributed by atoms with Gasteiger partial charge >= 0.3 is 0 Å². The number of hydrogen-bond donors (Lipinski definition) is 2. The normalized spacial score (nSPS) is 11.3. The van der Waals surface area contributed by atoms with Crippen LogP contribution in [-0.2, 0) is 6.54 Å². The third kappa shape index (κ3) is 5.99. The van der Waals surface area contributed by atoms with E-state index in [0.717, 1.165) is 28.9 Å². The lowest BCUT2D eigenvalue weighted by molar-refractivity contribution is -0.384. The molecule has 140 valence electrons. The third-order valence-corrected chi connectivity index (χ3v) is 4.37. The summed E-state index contributed by atoms with van der Waals surface area (Å²) in [6.45, 7) is 6.74. The molecular weight excluding hydrogens is 352 g/mol. The van der Waals surface area contributed by atoms with Crippen molar-refractivity contribution in [2.75, 3.05) is 32.0 Å². The van der Waals surface area contributed by atoms with Gasteiger partial charge in [-0.05, 0) is 26.0 Å². The summed E-state index contributed by atoms with van der Waals surface area (Å²) in [4.78, 5) is 21.4. The lowest BCUT2D eigenvalue weighted by Gasteiger charge is -2.21. The molecule has 2 rings (SSSR count). The van der Waals surface area contributed by atoms with Gasteiger partial charge in [0.25, 0.3) is 5.69 Å². The number of anilines is 1. The van der Waals surface area contributed by atoms with Gasteiger partial charge < -0.3 is 15.5 Å². The van der Waals surface area contributed by atoms with E-state index in [4.69, 9.17) is 0 Å². The van der Waals surface area contributed by atoms with E-state index in [9.17, 15) is 10.1 Å². The molecule has 0 spiro atoms. The smallest absolute Gasteiger partial charge is 0.269 e. The van der Waals surface area contributed by atoms with Crippen LogP contribution < -0.4 is 10.6 Å². The molecule has 2 aromatic rings. The minimum absolute atomic E-state index is 0.0851. The second kappa shape index (κ2) is 9.71. The summed E-state index contributed by atoms with van der Waals surface area (Å²) in [5.74, 6) is 0.823. The van der Waals surface area contributed by atoms with Gasteiger partial charge in [0.2, 0.25) is 0 Å². The van der Waals surface area contributed by atoms with Crippen LogP contribution in [0, 0.1) is 17.0 Å². The number of non-ortho nitro benzene ring substituents is 1. The van der Waals surface area contributed by atoms with Crippen molar-refractivity contribution < 1.29 is 4.92 Å². The zero-order valence-electron chi connectivity index (χ0n) is 15.2. The van der Waals surface area contributed by atoms with Gasteiger partial charge in [0.05, 0.1) is 28.7 Å². The Morgan fingerprint density at radius 1 is 1.38 bits per heavy atom. The Morgan fingerprint density at radius 2 is 2.12 bits per heavy atom. The molecule has 9 heteroatoms. The van der Waals surface area contributed by atoms with Gasteiger partial charge in [-0.15, -0.1) is 11.3 Å². The van der Waals surface area contributed by atoms with Gasteiger partial charge in [-0.1, -0.05) is 0 Å². The van der Waals surface area contributed by atoms with Gasteiger partial charge in [0.1, 0.15) is 0 Å². The highest BCUT2D eigenvalue weighted by atomic mass is 32.1. The summed E-state index contributed by atoms with van der Waals surface area (Å²) in [7, 11) is 1.99. The average Bonchev–Trinajstić information content (AvgIpc) is 3.02. The molecule has 0 aliphatic rings. The van der Waals surface area contributed by atoms with Crippen molar-refractivity contribution in [2.24, 2.45) is 4.99 Å². The zero-order chi connectivity index (χ0) is 18.9. The van der Waals surface area contributed by atoms with Crippen LogP contribution >= 0.6 is 11.3 Å². The summed E-state index contributed by atoms with van der Waals surface area (Å²) in [5.41, 5.74) is 1.95. The van der Waals surface area contributed by atoms with Gasteiger partial charge in [0.15, 0.2) is 5.96 Å². The zero-order valence-corrected chi connectivity index (χ0v) is 16.0. The van der Waals surface area contributed by atoms with Crippen molar-refractivity contribution in [1.29, 1.82) is 0 Å². The first-order valence-corrected chi connectivity index (χ1v) is 9.26. The molecule has 0 unspecified atom stereocenters. The summed E-state index contributed by atoms with van der Waals surface area (Å²) >= 11 is 1.64. The molecule has 0 bridgehead atoms. The van der Waals surface area contributed by atoms with E-state index in [2.05, 4.69) is 26.0 Å². The molecule has 0 amide bonds. The Balaban J connectivity index is 1.86. The number of rotatable bonds is 8. The Bertz CT molecular complexity index is 744. The molecule has 0 radical (unpaired) electrons. The van der Waals surface area contributed by atoms with Crippen molar-refractivity contribution >= 4 is 28.7 Å². The molecule has 26 heavy (non-hydrogen) atoms. The number of nitro benzene ring substituents is 1. The summed E-state index contributed by atoms with van der Waals surface area (Å²) in [5, 5.41) is 20.3. The quantitative estimate of drug-likeness (QED) is 0.242. The number of aromatic nitrogens is 1. The van der Waals surface area contributed by atoms with Crippen LogP contribution in [0.5, 0.6) is 0 Å². The van der Waals surface area contributed by atoms with E-state index in [0.29, 0.717) is 19.6 Å². The maximum atomic E-state index is 10.7.